The van der Waals surface area contributed by atoms with Crippen molar-refractivity contribution in [3.8, 4) is 11.1 Å². The standard InChI is InChI=1S/C27H28F2O4S/c1-16-6-7-22(21-9-19-4-2-3-5-20(19)23(16)21)26-12-17-8-18(13-26)11-25(10-17,14-26)15-32-24(30)27(28,29)34-33-31/h2-7,17-18,31H,8-15H2,1H3. The molecule has 2 aromatic carbocycles. The van der Waals surface area contributed by atoms with Crippen LogP contribution in [0.4, 0.5) is 8.78 Å². The molecule has 2 atom stereocenters. The second kappa shape index (κ2) is 7.77. The number of alkyl halides is 2. The summed E-state index contributed by atoms with van der Waals surface area (Å²) in [6.07, 6.45) is 7.05. The molecular formula is C27H28F2O4S. The lowest BCUT2D eigenvalue weighted by atomic mass is 9.42. The highest BCUT2D eigenvalue weighted by Crippen LogP contribution is 2.66. The van der Waals surface area contributed by atoms with Gasteiger partial charge in [0, 0.05) is 5.41 Å². The van der Waals surface area contributed by atoms with E-state index < -0.39 is 23.3 Å². The van der Waals surface area contributed by atoms with Crippen molar-refractivity contribution in [3.05, 3.63) is 58.7 Å². The van der Waals surface area contributed by atoms with Gasteiger partial charge in [0.05, 0.1) is 6.61 Å². The molecule has 7 heteroatoms. The average Bonchev–Trinajstić information content (AvgIpc) is 3.17. The van der Waals surface area contributed by atoms with Gasteiger partial charge in [-0.05, 0) is 103 Å². The summed E-state index contributed by atoms with van der Waals surface area (Å²) < 4.78 is 36.3. The zero-order chi connectivity index (χ0) is 23.7. The quantitative estimate of drug-likeness (QED) is 0.182. The van der Waals surface area contributed by atoms with E-state index in [-0.39, 0.29) is 17.4 Å². The summed E-state index contributed by atoms with van der Waals surface area (Å²) in [5, 5.41) is 4.41. The Labute approximate surface area is 202 Å². The van der Waals surface area contributed by atoms with E-state index in [2.05, 4.69) is 47.7 Å². The normalized spacial score (nSPS) is 30.8. The lowest BCUT2D eigenvalue weighted by molar-refractivity contribution is -0.175. The van der Waals surface area contributed by atoms with E-state index in [0.717, 1.165) is 38.5 Å². The molecular weight excluding hydrogens is 458 g/mol. The van der Waals surface area contributed by atoms with E-state index in [1.54, 1.807) is 0 Å². The number of halogens is 2. The Morgan fingerprint density at radius 3 is 2.62 bits per heavy atom. The van der Waals surface area contributed by atoms with Crippen LogP contribution in [-0.2, 0) is 25.7 Å². The first-order valence-corrected chi connectivity index (χ1v) is 12.7. The van der Waals surface area contributed by atoms with Crippen LogP contribution in [-0.4, -0.2) is 23.1 Å². The molecule has 1 N–H and O–H groups in total. The second-order valence-electron chi connectivity index (χ2n) is 11.1. The minimum absolute atomic E-state index is 0.00178. The van der Waals surface area contributed by atoms with Crippen molar-refractivity contribution in [2.75, 3.05) is 6.61 Å². The molecule has 4 saturated carbocycles. The molecule has 0 radical (unpaired) electrons. The SMILES string of the molecule is Cc1ccc(C23CC4CC(CC(COC(=O)C(F)(F)SOO)(C4)C2)C3)c2c1-c1ccccc1C2. The number of hydrogen-bond donors (Lipinski definition) is 1. The Morgan fingerprint density at radius 1 is 1.15 bits per heavy atom. The fourth-order valence-electron chi connectivity index (χ4n) is 8.25. The Kier molecular flexibility index (Phi) is 5.14. The molecule has 4 fully saturated rings. The van der Waals surface area contributed by atoms with E-state index >= 15 is 0 Å². The molecule has 7 rings (SSSR count). The number of ether oxygens (including phenoxy) is 1. The summed E-state index contributed by atoms with van der Waals surface area (Å²) in [5.74, 6) is -0.601. The third-order valence-corrected chi connectivity index (χ3v) is 9.27. The van der Waals surface area contributed by atoms with Crippen LogP contribution in [0.5, 0.6) is 0 Å². The molecule has 0 spiro atoms. The van der Waals surface area contributed by atoms with Gasteiger partial charge in [0.2, 0.25) is 0 Å². The van der Waals surface area contributed by atoms with E-state index in [1.807, 2.05) is 0 Å². The van der Waals surface area contributed by atoms with Gasteiger partial charge in [0.15, 0.2) is 0 Å². The minimum Gasteiger partial charge on any atom is -0.460 e. The first-order valence-electron chi connectivity index (χ1n) is 12.0. The van der Waals surface area contributed by atoms with Crippen molar-refractivity contribution in [3.63, 3.8) is 0 Å². The summed E-state index contributed by atoms with van der Waals surface area (Å²) >= 11 is -0.589. The maximum absolute atomic E-state index is 13.8. The zero-order valence-electron chi connectivity index (χ0n) is 19.1. The van der Waals surface area contributed by atoms with Crippen molar-refractivity contribution >= 4 is 18.0 Å². The van der Waals surface area contributed by atoms with Gasteiger partial charge < -0.3 is 4.74 Å². The topological polar surface area (TPSA) is 55.8 Å². The van der Waals surface area contributed by atoms with Crippen molar-refractivity contribution in [2.24, 2.45) is 17.3 Å². The van der Waals surface area contributed by atoms with Crippen molar-refractivity contribution in [2.45, 2.75) is 62.5 Å². The van der Waals surface area contributed by atoms with Crippen LogP contribution in [0.25, 0.3) is 11.1 Å². The van der Waals surface area contributed by atoms with Gasteiger partial charge in [-0.25, -0.2) is 10.1 Å². The molecule has 5 aliphatic rings. The van der Waals surface area contributed by atoms with Crippen LogP contribution < -0.4 is 0 Å². The van der Waals surface area contributed by atoms with Crippen LogP contribution in [0, 0.1) is 24.2 Å². The highest BCUT2D eigenvalue weighted by molar-refractivity contribution is 7.96. The molecule has 2 unspecified atom stereocenters. The van der Waals surface area contributed by atoms with Gasteiger partial charge in [-0.2, -0.15) is 13.1 Å². The fourth-order valence-corrected chi connectivity index (χ4v) is 8.47. The van der Waals surface area contributed by atoms with Crippen LogP contribution in [0.1, 0.15) is 60.8 Å². The smallest absolute Gasteiger partial charge is 0.415 e. The van der Waals surface area contributed by atoms with E-state index in [4.69, 9.17) is 9.99 Å². The molecule has 180 valence electrons. The third-order valence-electron chi connectivity index (χ3n) is 8.82. The third kappa shape index (κ3) is 3.42. The highest BCUT2D eigenvalue weighted by atomic mass is 32.2. The second-order valence-corrected chi connectivity index (χ2v) is 11.9. The maximum Gasteiger partial charge on any atom is 0.415 e. The van der Waals surface area contributed by atoms with Gasteiger partial charge in [-0.3, -0.25) is 0 Å². The monoisotopic (exact) mass is 486 g/mol. The number of hydrogen-bond acceptors (Lipinski definition) is 5. The van der Waals surface area contributed by atoms with Crippen molar-refractivity contribution in [1.29, 1.82) is 0 Å². The number of carbonyl (C=O) groups excluding carboxylic acids is 1. The largest absolute Gasteiger partial charge is 0.460 e. The summed E-state index contributed by atoms with van der Waals surface area (Å²) in [6, 6.07) is 13.2. The van der Waals surface area contributed by atoms with Gasteiger partial charge in [-0.15, -0.1) is 0 Å². The molecule has 34 heavy (non-hydrogen) atoms. The molecule has 5 aliphatic carbocycles. The van der Waals surface area contributed by atoms with Crippen molar-refractivity contribution in [1.82, 2.24) is 0 Å². The maximum atomic E-state index is 13.8. The van der Waals surface area contributed by atoms with Gasteiger partial charge in [0.25, 0.3) is 0 Å². The number of aryl methyl sites for hydroxylation is 1. The first-order chi connectivity index (χ1) is 16.2. The van der Waals surface area contributed by atoms with Crippen molar-refractivity contribution < 1.29 is 27.9 Å². The van der Waals surface area contributed by atoms with Gasteiger partial charge in [0.1, 0.15) is 12.0 Å². The van der Waals surface area contributed by atoms with E-state index in [1.165, 1.54) is 39.8 Å². The van der Waals surface area contributed by atoms with Crippen LogP contribution in [0.2, 0.25) is 0 Å². The lowest BCUT2D eigenvalue weighted by Crippen LogP contribution is -2.56. The summed E-state index contributed by atoms with van der Waals surface area (Å²) in [5.41, 5.74) is 7.93. The van der Waals surface area contributed by atoms with Crippen LogP contribution >= 0.6 is 12.0 Å². The number of benzene rings is 2. The van der Waals surface area contributed by atoms with Crippen LogP contribution in [0.3, 0.4) is 0 Å². The number of carbonyl (C=O) groups is 1. The van der Waals surface area contributed by atoms with Gasteiger partial charge >= 0.3 is 11.2 Å². The molecule has 2 aromatic rings. The van der Waals surface area contributed by atoms with E-state index in [0.29, 0.717) is 11.8 Å². The minimum atomic E-state index is -3.93. The molecule has 0 aromatic heterocycles. The Bertz CT molecular complexity index is 1150. The Balaban J connectivity index is 1.34. The van der Waals surface area contributed by atoms with Gasteiger partial charge in [-0.1, -0.05) is 36.4 Å². The molecule has 0 heterocycles. The first kappa shape index (κ1) is 22.5. The number of fused-ring (bicyclic) bond motifs is 3. The predicted octanol–water partition coefficient (Wildman–Crippen LogP) is 6.68. The summed E-state index contributed by atoms with van der Waals surface area (Å²) in [6.45, 7) is 2.18. The molecule has 4 nitrogen and oxygen atoms in total. The molecule has 0 aliphatic heterocycles. The average molecular weight is 487 g/mol. The Morgan fingerprint density at radius 2 is 1.88 bits per heavy atom. The lowest BCUT2D eigenvalue weighted by Gasteiger charge is -2.62. The number of esters is 1. The number of rotatable bonds is 6. The fraction of sp³-hybridized carbons (Fsp3) is 0.519. The predicted molar refractivity (Wildman–Crippen MR) is 125 cm³/mol. The summed E-state index contributed by atoms with van der Waals surface area (Å²) in [7, 11) is 0. The summed E-state index contributed by atoms with van der Waals surface area (Å²) in [4.78, 5) is 12.0. The van der Waals surface area contributed by atoms with E-state index in [9.17, 15) is 13.6 Å². The molecule has 0 saturated heterocycles. The molecule has 0 amide bonds. The highest BCUT2D eigenvalue weighted by Gasteiger charge is 2.59. The Hall–Kier alpha value is -1.96. The van der Waals surface area contributed by atoms with Crippen LogP contribution in [0.15, 0.2) is 36.4 Å². The zero-order valence-corrected chi connectivity index (χ0v) is 19.9. The molecule has 4 bridgehead atoms.